The summed E-state index contributed by atoms with van der Waals surface area (Å²) in [5.74, 6) is -1.42. The molecule has 2 aromatic carbocycles. The molecule has 0 aliphatic carbocycles. The van der Waals surface area contributed by atoms with Crippen molar-refractivity contribution in [1.82, 2.24) is 20.1 Å². The molecular weight excluding hydrogens is 573 g/mol. The molecule has 12 nitrogen and oxygen atoms in total. The number of pyridine rings is 1. The molecule has 1 atom stereocenters. The Hall–Kier alpha value is -4.25. The van der Waals surface area contributed by atoms with Gasteiger partial charge < -0.3 is 35.0 Å². The number of carbonyl (C=O) groups excluding carboxylic acids is 3. The molecule has 1 aliphatic heterocycles. The maximum atomic E-state index is 13.5. The summed E-state index contributed by atoms with van der Waals surface area (Å²) in [7, 11) is -4.71. The molecule has 4 N–H and O–H groups in total. The Morgan fingerprint density at radius 1 is 0.930 bits per heavy atom. The van der Waals surface area contributed by atoms with Crippen LogP contribution in [0.4, 0.5) is 16.2 Å². The van der Waals surface area contributed by atoms with Crippen molar-refractivity contribution in [3.05, 3.63) is 78.5 Å². The minimum absolute atomic E-state index is 0.0389. The first-order chi connectivity index (χ1) is 20.6. The molecule has 2 heterocycles. The molecule has 43 heavy (non-hydrogen) atoms. The lowest BCUT2D eigenvalue weighted by Gasteiger charge is -2.36. The van der Waals surface area contributed by atoms with E-state index in [0.717, 1.165) is 24.1 Å². The van der Waals surface area contributed by atoms with Gasteiger partial charge >= 0.3 is 13.7 Å². The van der Waals surface area contributed by atoms with Crippen molar-refractivity contribution in [1.29, 1.82) is 0 Å². The van der Waals surface area contributed by atoms with E-state index in [1.807, 2.05) is 67.6 Å². The summed E-state index contributed by atoms with van der Waals surface area (Å²) >= 11 is 0. The van der Waals surface area contributed by atoms with Gasteiger partial charge in [-0.05, 0) is 30.7 Å². The molecule has 0 spiro atoms. The lowest BCUT2D eigenvalue weighted by Crippen LogP contribution is -2.56. The summed E-state index contributed by atoms with van der Waals surface area (Å²) in [6.07, 6.45) is 0.287. The van der Waals surface area contributed by atoms with Gasteiger partial charge in [0.15, 0.2) is 0 Å². The highest BCUT2D eigenvalue weighted by Gasteiger charge is 2.35. The van der Waals surface area contributed by atoms with Crippen LogP contribution in [0.3, 0.4) is 0 Å². The molecule has 1 saturated heterocycles. The molecule has 1 aromatic heterocycles. The van der Waals surface area contributed by atoms with Gasteiger partial charge in [-0.2, -0.15) is 0 Å². The van der Waals surface area contributed by atoms with E-state index in [9.17, 15) is 28.7 Å². The third-order valence-electron chi connectivity index (χ3n) is 6.79. The zero-order chi connectivity index (χ0) is 30.8. The molecule has 0 bridgehead atoms. The number of anilines is 2. The second-order valence-electron chi connectivity index (χ2n) is 10.1. The Morgan fingerprint density at radius 3 is 2.19 bits per heavy atom. The van der Waals surface area contributed by atoms with Gasteiger partial charge in [0.2, 0.25) is 5.91 Å². The Morgan fingerprint density at radius 2 is 1.56 bits per heavy atom. The van der Waals surface area contributed by atoms with Crippen LogP contribution in [0.2, 0.25) is 0 Å². The zero-order valence-corrected chi connectivity index (χ0v) is 24.8. The number of amides is 3. The van der Waals surface area contributed by atoms with Crippen molar-refractivity contribution in [3.63, 3.8) is 0 Å². The summed E-state index contributed by atoms with van der Waals surface area (Å²) in [5.41, 5.74) is 2.55. The van der Waals surface area contributed by atoms with Gasteiger partial charge in [0, 0.05) is 43.1 Å². The number of para-hydroxylation sites is 1. The monoisotopic (exact) mass is 609 g/mol. The highest BCUT2D eigenvalue weighted by molar-refractivity contribution is 7.51. The number of ether oxygens (including phenoxy) is 1. The minimum atomic E-state index is -4.71. The summed E-state index contributed by atoms with van der Waals surface area (Å²) in [6, 6.07) is 20.3. The fraction of sp³-hybridized carbons (Fsp3) is 0.333. The van der Waals surface area contributed by atoms with Gasteiger partial charge in [0.25, 0.3) is 5.91 Å². The van der Waals surface area contributed by atoms with Crippen LogP contribution in [0.5, 0.6) is 0 Å². The van der Waals surface area contributed by atoms with Crippen molar-refractivity contribution >= 4 is 36.9 Å². The van der Waals surface area contributed by atoms with Crippen LogP contribution in [-0.2, 0) is 14.1 Å². The van der Waals surface area contributed by atoms with Crippen molar-refractivity contribution in [2.75, 3.05) is 44.3 Å². The molecule has 4 rings (SSSR count). The average molecular weight is 610 g/mol. The van der Waals surface area contributed by atoms with Crippen LogP contribution in [0.15, 0.2) is 72.8 Å². The number of rotatable bonds is 11. The van der Waals surface area contributed by atoms with Crippen LogP contribution < -0.4 is 10.6 Å². The molecule has 3 aromatic rings. The summed E-state index contributed by atoms with van der Waals surface area (Å²) in [6.45, 7) is 2.95. The number of nitrogens with zero attached hydrogens (tertiary/aromatic N) is 3. The summed E-state index contributed by atoms with van der Waals surface area (Å²) in [4.78, 5) is 66.0. The van der Waals surface area contributed by atoms with Gasteiger partial charge in [0.05, 0.1) is 18.5 Å². The van der Waals surface area contributed by atoms with E-state index in [4.69, 9.17) is 4.74 Å². The SMILES string of the molecule is CCCCOC(=O)N1CCN(C(=O)[C@H](CP(=O)(O)O)NC(=O)c2cc(Nc3ccccc3)cc(-c3ccccc3)n2)CC1. The number of nitrogens with one attached hydrogen (secondary N) is 2. The highest BCUT2D eigenvalue weighted by atomic mass is 31.2. The standard InChI is InChI=1S/C30H36N5O7P/c1-2-3-18-42-30(38)35-16-14-34(15-17-35)29(37)27(21-43(39,40)41)33-28(36)26-20-24(31-23-12-8-5-9-13-23)19-25(32-26)22-10-6-4-7-11-22/h4-13,19-20,27H,2-3,14-18,21H2,1H3,(H,31,32)(H,33,36)(H2,39,40,41)/t27-/m0/s1. The minimum Gasteiger partial charge on any atom is -0.449 e. The fourth-order valence-corrected chi connectivity index (χ4v) is 5.27. The van der Waals surface area contributed by atoms with Gasteiger partial charge in [-0.15, -0.1) is 0 Å². The Bertz CT molecular complexity index is 1440. The predicted molar refractivity (Wildman–Crippen MR) is 162 cm³/mol. The first-order valence-corrected chi connectivity index (χ1v) is 15.9. The molecule has 0 saturated carbocycles. The van der Waals surface area contributed by atoms with E-state index >= 15 is 0 Å². The van der Waals surface area contributed by atoms with Crippen molar-refractivity contribution in [3.8, 4) is 11.3 Å². The summed E-state index contributed by atoms with van der Waals surface area (Å²) < 4.78 is 17.2. The highest BCUT2D eigenvalue weighted by Crippen LogP contribution is 2.35. The first-order valence-electron chi connectivity index (χ1n) is 14.1. The average Bonchev–Trinajstić information content (AvgIpc) is 3.00. The second kappa shape index (κ2) is 14.8. The lowest BCUT2D eigenvalue weighted by atomic mass is 10.1. The van der Waals surface area contributed by atoms with E-state index < -0.39 is 37.7 Å². The van der Waals surface area contributed by atoms with Gasteiger partial charge in [-0.25, -0.2) is 9.78 Å². The van der Waals surface area contributed by atoms with Crippen LogP contribution in [0.1, 0.15) is 30.3 Å². The zero-order valence-electron chi connectivity index (χ0n) is 23.9. The molecule has 1 aliphatic rings. The van der Waals surface area contributed by atoms with Gasteiger partial charge in [0.1, 0.15) is 11.7 Å². The first kappa shape index (κ1) is 31.7. The van der Waals surface area contributed by atoms with E-state index in [-0.39, 0.29) is 31.9 Å². The largest absolute Gasteiger partial charge is 0.449 e. The second-order valence-corrected chi connectivity index (χ2v) is 11.8. The quantitative estimate of drug-likeness (QED) is 0.187. The number of hydrogen-bond donors (Lipinski definition) is 4. The topological polar surface area (TPSA) is 161 Å². The van der Waals surface area contributed by atoms with Gasteiger partial charge in [-0.1, -0.05) is 61.9 Å². The van der Waals surface area contributed by atoms with E-state index in [2.05, 4.69) is 15.6 Å². The lowest BCUT2D eigenvalue weighted by molar-refractivity contribution is -0.134. The maximum Gasteiger partial charge on any atom is 0.409 e. The third kappa shape index (κ3) is 9.37. The number of piperazine rings is 1. The number of benzene rings is 2. The van der Waals surface area contributed by atoms with Crippen LogP contribution in [-0.4, -0.2) is 87.5 Å². The molecule has 0 unspecified atom stereocenters. The smallest absolute Gasteiger partial charge is 0.409 e. The van der Waals surface area contributed by atoms with Crippen molar-refractivity contribution in [2.24, 2.45) is 0 Å². The Labute approximate surface area is 250 Å². The molecule has 228 valence electrons. The maximum absolute atomic E-state index is 13.5. The van der Waals surface area contributed by atoms with E-state index in [1.54, 1.807) is 6.07 Å². The van der Waals surface area contributed by atoms with Gasteiger partial charge in [-0.3, -0.25) is 14.2 Å². The predicted octanol–water partition coefficient (Wildman–Crippen LogP) is 3.85. The number of hydrogen-bond acceptors (Lipinski definition) is 7. The third-order valence-corrected chi connectivity index (χ3v) is 7.63. The summed E-state index contributed by atoms with van der Waals surface area (Å²) in [5, 5.41) is 5.75. The van der Waals surface area contributed by atoms with Crippen molar-refractivity contribution in [2.45, 2.75) is 25.8 Å². The molecule has 1 fully saturated rings. The van der Waals surface area contributed by atoms with Crippen molar-refractivity contribution < 1.29 is 33.5 Å². The Balaban J connectivity index is 1.52. The molecular formula is C30H36N5O7P. The number of unbranched alkanes of at least 4 members (excludes halogenated alkanes) is 1. The number of aromatic nitrogens is 1. The normalized spacial score (nSPS) is 14.1. The van der Waals surface area contributed by atoms with Crippen LogP contribution >= 0.6 is 7.60 Å². The molecule has 3 amide bonds. The Kier molecular flexibility index (Phi) is 10.9. The van der Waals surface area contributed by atoms with Crippen LogP contribution in [0, 0.1) is 0 Å². The van der Waals surface area contributed by atoms with E-state index in [0.29, 0.717) is 18.0 Å². The fourth-order valence-electron chi connectivity index (χ4n) is 4.54. The number of carbonyl (C=O) groups is 3. The molecule has 13 heteroatoms. The molecule has 0 radical (unpaired) electrons. The van der Waals surface area contributed by atoms with Crippen LogP contribution in [0.25, 0.3) is 11.3 Å². The van der Waals surface area contributed by atoms with E-state index in [1.165, 1.54) is 15.9 Å².